The van der Waals surface area contributed by atoms with E-state index in [0.717, 1.165) is 33.2 Å². The van der Waals surface area contributed by atoms with Gasteiger partial charge in [0, 0.05) is 0 Å². The molecule has 0 radical (unpaired) electrons. The first-order valence-corrected chi connectivity index (χ1v) is 19.1. The largest absolute Gasteiger partial charge is 0.154 e. The molecule has 0 atom stereocenters. The van der Waals surface area contributed by atoms with Gasteiger partial charge in [0.1, 0.15) is 16.1 Å². The normalized spacial score (nSPS) is 14.8. The molecule has 0 aliphatic carbocycles. The van der Waals surface area contributed by atoms with Gasteiger partial charge in [0.2, 0.25) is 0 Å². The predicted molar refractivity (Wildman–Crippen MR) is 163 cm³/mol. The van der Waals surface area contributed by atoms with E-state index < -0.39 is 16.1 Å². The van der Waals surface area contributed by atoms with Crippen LogP contribution in [0.3, 0.4) is 0 Å². The van der Waals surface area contributed by atoms with Crippen LogP contribution >= 0.6 is 11.3 Å². The van der Waals surface area contributed by atoms with E-state index in [1.807, 2.05) is 9.00 Å². The first-order chi connectivity index (χ1) is 14.6. The molecule has 0 fully saturated rings. The second kappa shape index (κ2) is 10.2. The summed E-state index contributed by atoms with van der Waals surface area (Å²) in [5.41, 5.74) is 8.30. The third kappa shape index (κ3) is 5.03. The van der Waals surface area contributed by atoms with Crippen molar-refractivity contribution >= 4 is 36.5 Å². The van der Waals surface area contributed by atoms with Gasteiger partial charge in [-0.05, 0) is 64.2 Å². The smallest absolute Gasteiger partial charge is 0.107 e. The van der Waals surface area contributed by atoms with Gasteiger partial charge >= 0.3 is 0 Å². The minimum absolute atomic E-state index is 0.161. The molecule has 0 N–H and O–H groups in total. The fourth-order valence-electron chi connectivity index (χ4n) is 8.05. The summed E-state index contributed by atoms with van der Waals surface area (Å²) in [6, 6.07) is 0. The maximum atomic E-state index is 2.55. The van der Waals surface area contributed by atoms with Crippen LogP contribution in [0.25, 0.3) is 0 Å². The molecule has 33 heavy (non-hydrogen) atoms. The van der Waals surface area contributed by atoms with E-state index in [4.69, 9.17) is 0 Å². The van der Waals surface area contributed by atoms with Crippen molar-refractivity contribution in [1.29, 1.82) is 0 Å². The Kier molecular flexibility index (Phi) is 9.68. The molecule has 0 unspecified atom stereocenters. The van der Waals surface area contributed by atoms with Crippen LogP contribution in [0.4, 0.5) is 0 Å². The molecule has 0 nitrogen and oxygen atoms in total. The third-order valence-electron chi connectivity index (χ3n) is 8.93. The first kappa shape index (κ1) is 31.2. The Labute approximate surface area is 215 Å². The lowest BCUT2D eigenvalue weighted by molar-refractivity contribution is 0.537. The zero-order valence-corrected chi connectivity index (χ0v) is 28.7. The topological polar surface area (TPSA) is 0 Å². The van der Waals surface area contributed by atoms with Crippen LogP contribution in [0.1, 0.15) is 136 Å². The third-order valence-corrected chi connectivity index (χ3v) is 26.0. The predicted octanol–water partition coefficient (Wildman–Crippen LogP) is 10.1. The van der Waals surface area contributed by atoms with Gasteiger partial charge in [-0.15, -0.1) is 0 Å². The van der Waals surface area contributed by atoms with Crippen molar-refractivity contribution in [3.05, 3.63) is 11.1 Å². The van der Waals surface area contributed by atoms with Crippen LogP contribution in [0.15, 0.2) is 0 Å². The lowest BCUT2D eigenvalue weighted by atomic mass is 9.77. The molecule has 1 rings (SSSR count). The van der Waals surface area contributed by atoms with Crippen LogP contribution in [-0.2, 0) is 10.8 Å². The Morgan fingerprint density at radius 3 is 0.727 bits per heavy atom. The van der Waals surface area contributed by atoms with Gasteiger partial charge in [0.25, 0.3) is 0 Å². The molecule has 0 bridgehead atoms. The van der Waals surface area contributed by atoms with Gasteiger partial charge in [0.05, 0.1) is 0 Å². The zero-order chi connectivity index (χ0) is 26.5. The molecule has 0 aliphatic rings. The summed E-state index contributed by atoms with van der Waals surface area (Å²) in [7, 11) is -3.58. The summed E-state index contributed by atoms with van der Waals surface area (Å²) in [5, 5.41) is 0. The molecule has 3 heteroatoms. The van der Waals surface area contributed by atoms with Crippen LogP contribution in [0.5, 0.6) is 0 Å². The van der Waals surface area contributed by atoms with Crippen molar-refractivity contribution < 1.29 is 0 Å². The maximum absolute atomic E-state index is 2.55. The Bertz CT molecular complexity index is 671. The van der Waals surface area contributed by atoms with Crippen molar-refractivity contribution in [3.8, 4) is 0 Å². The van der Waals surface area contributed by atoms with Gasteiger partial charge in [-0.3, -0.25) is 0 Å². The highest BCUT2D eigenvalue weighted by atomic mass is 32.1. The SMILES string of the molecule is CC(C)[Si](c1sc([Si](C(C)C)(C(C)C)C(C)C)c(C(C)(C)C)c1C(C)(C)C)(C(C)C)C(C)C. The quantitative estimate of drug-likeness (QED) is 0.306. The molecule has 0 aliphatic heterocycles. The number of hydrogen-bond donors (Lipinski definition) is 0. The van der Waals surface area contributed by atoms with Crippen LogP contribution < -0.4 is 9.00 Å². The highest BCUT2D eigenvalue weighted by molar-refractivity contribution is 7.37. The number of thiophene rings is 1. The highest BCUT2D eigenvalue weighted by Gasteiger charge is 2.54. The fourth-order valence-corrected chi connectivity index (χ4v) is 28.9. The Balaban J connectivity index is 4.58. The second-order valence-electron chi connectivity index (χ2n) is 14.8. The van der Waals surface area contributed by atoms with E-state index in [0.29, 0.717) is 0 Å². The van der Waals surface area contributed by atoms with Crippen molar-refractivity contribution in [3.63, 3.8) is 0 Å². The van der Waals surface area contributed by atoms with Crippen molar-refractivity contribution in [2.45, 2.75) is 169 Å². The van der Waals surface area contributed by atoms with Crippen molar-refractivity contribution in [2.24, 2.45) is 0 Å². The lowest BCUT2D eigenvalue weighted by Crippen LogP contribution is -2.57. The number of hydrogen-bond acceptors (Lipinski definition) is 1. The minimum Gasteiger partial charge on any atom is -0.154 e. The average Bonchev–Trinajstić information content (AvgIpc) is 2.94. The van der Waals surface area contributed by atoms with Gasteiger partial charge in [-0.1, -0.05) is 125 Å². The van der Waals surface area contributed by atoms with Gasteiger partial charge in [-0.2, -0.15) is 11.3 Å². The van der Waals surface area contributed by atoms with Crippen LogP contribution in [-0.4, -0.2) is 16.1 Å². The fraction of sp³-hybridized carbons (Fsp3) is 0.867. The molecule has 0 saturated carbocycles. The molecular formula is C30H60SSi2. The average molecular weight is 509 g/mol. The van der Waals surface area contributed by atoms with E-state index >= 15 is 0 Å². The first-order valence-electron chi connectivity index (χ1n) is 13.8. The van der Waals surface area contributed by atoms with Gasteiger partial charge < -0.3 is 0 Å². The molecule has 0 aromatic carbocycles. The standard InChI is InChI=1S/C30H60SSi2/c1-19(2)32(20(3)4,21(5)6)27-25(29(13,14)15)26(30(16,17)18)28(31-27)33(22(7)8,23(9)10)24(11)12/h19-24H,1-18H3. The van der Waals surface area contributed by atoms with Crippen molar-refractivity contribution in [1.82, 2.24) is 0 Å². The summed E-state index contributed by atoms with van der Waals surface area (Å²) in [6.07, 6.45) is 0. The maximum Gasteiger partial charge on any atom is 0.107 e. The Morgan fingerprint density at radius 2 is 0.606 bits per heavy atom. The van der Waals surface area contributed by atoms with E-state index in [1.54, 1.807) is 11.1 Å². The summed E-state index contributed by atoms with van der Waals surface area (Å²) in [6.45, 7) is 45.6. The number of rotatable bonds is 8. The highest BCUT2D eigenvalue weighted by Crippen LogP contribution is 2.50. The van der Waals surface area contributed by atoms with Crippen molar-refractivity contribution in [2.75, 3.05) is 0 Å². The summed E-state index contributed by atoms with van der Waals surface area (Å²) in [5.74, 6) is 0. The molecule has 0 saturated heterocycles. The summed E-state index contributed by atoms with van der Waals surface area (Å²) in [4.78, 5) is 0. The van der Waals surface area contributed by atoms with E-state index in [1.165, 1.54) is 0 Å². The molecule has 1 aromatic heterocycles. The summed E-state index contributed by atoms with van der Waals surface area (Å²) >= 11 is 2.35. The van der Waals surface area contributed by atoms with Crippen LogP contribution in [0.2, 0.25) is 33.2 Å². The second-order valence-corrected chi connectivity index (χ2v) is 28.2. The molecular weight excluding hydrogens is 449 g/mol. The van der Waals surface area contributed by atoms with E-state index in [2.05, 4.69) is 136 Å². The molecule has 0 amide bonds. The molecule has 0 spiro atoms. The molecule has 1 aromatic rings. The Morgan fingerprint density at radius 1 is 0.424 bits per heavy atom. The minimum atomic E-state index is -1.79. The van der Waals surface area contributed by atoms with Gasteiger partial charge in [-0.25, -0.2) is 0 Å². The molecule has 194 valence electrons. The summed E-state index contributed by atoms with van der Waals surface area (Å²) < 4.78 is 3.74. The molecule has 1 heterocycles. The van der Waals surface area contributed by atoms with Gasteiger partial charge in [0.15, 0.2) is 0 Å². The van der Waals surface area contributed by atoms with E-state index in [-0.39, 0.29) is 10.8 Å². The lowest BCUT2D eigenvalue weighted by Gasteiger charge is -2.45. The van der Waals surface area contributed by atoms with Crippen LogP contribution in [0, 0.1) is 0 Å². The zero-order valence-electron chi connectivity index (χ0n) is 25.9. The van der Waals surface area contributed by atoms with E-state index in [9.17, 15) is 0 Å². The Hall–Kier alpha value is 0.134. The monoisotopic (exact) mass is 508 g/mol.